The maximum absolute atomic E-state index is 10.4. The number of ketones is 1. The van der Waals surface area contributed by atoms with Crippen molar-refractivity contribution in [1.82, 2.24) is 0 Å². The molecular weight excluding hydrogens is 172 g/mol. The molecule has 0 aromatic carbocycles. The summed E-state index contributed by atoms with van der Waals surface area (Å²) in [6.07, 6.45) is -0.265. The van der Waals surface area contributed by atoms with Gasteiger partial charge in [-0.25, -0.2) is 0 Å². The fourth-order valence-corrected chi connectivity index (χ4v) is 0.690. The van der Waals surface area contributed by atoms with Gasteiger partial charge in [-0.2, -0.15) is 0 Å². The minimum Gasteiger partial charge on any atom is -0.385 e. The lowest BCUT2D eigenvalue weighted by Gasteiger charge is -2.00. The van der Waals surface area contributed by atoms with Gasteiger partial charge in [-0.15, -0.1) is 0 Å². The van der Waals surface area contributed by atoms with Gasteiger partial charge in [0.25, 0.3) is 0 Å². The Morgan fingerprint density at radius 2 is 2.38 bits per heavy atom. The Labute approximate surface area is 57.0 Å². The van der Waals surface area contributed by atoms with Crippen LogP contribution in [0.4, 0.5) is 0 Å². The van der Waals surface area contributed by atoms with Crippen molar-refractivity contribution in [2.75, 3.05) is 5.33 Å². The Balaban J connectivity index is 3.46. The standard InChI is InChI=1S/C5H9BrO2/c1-2-4(7)5(8)3-6/h4,7H,2-3H2,1H3. The first-order valence-electron chi connectivity index (χ1n) is 2.49. The first-order valence-corrected chi connectivity index (χ1v) is 3.61. The third kappa shape index (κ3) is 2.43. The Morgan fingerprint density at radius 1 is 1.88 bits per heavy atom. The summed E-state index contributed by atoms with van der Waals surface area (Å²) >= 11 is 2.95. The summed E-state index contributed by atoms with van der Waals surface area (Å²) in [4.78, 5) is 10.4. The van der Waals surface area contributed by atoms with E-state index in [2.05, 4.69) is 15.9 Å². The highest BCUT2D eigenvalue weighted by atomic mass is 79.9. The maximum Gasteiger partial charge on any atom is 0.171 e. The van der Waals surface area contributed by atoms with Crippen molar-refractivity contribution in [3.8, 4) is 0 Å². The molecule has 0 fully saturated rings. The van der Waals surface area contributed by atoms with Crippen LogP contribution >= 0.6 is 15.9 Å². The highest BCUT2D eigenvalue weighted by Gasteiger charge is 2.08. The molecule has 1 atom stereocenters. The number of hydrogen-bond acceptors (Lipinski definition) is 2. The van der Waals surface area contributed by atoms with E-state index in [9.17, 15) is 4.79 Å². The Morgan fingerprint density at radius 3 is 2.50 bits per heavy atom. The molecule has 0 bridgehead atoms. The van der Waals surface area contributed by atoms with E-state index in [0.717, 1.165) is 0 Å². The third-order valence-corrected chi connectivity index (χ3v) is 1.44. The van der Waals surface area contributed by atoms with Crippen LogP contribution in [0.1, 0.15) is 13.3 Å². The van der Waals surface area contributed by atoms with Crippen molar-refractivity contribution in [3.63, 3.8) is 0 Å². The Kier molecular flexibility index (Phi) is 4.09. The number of rotatable bonds is 3. The molecule has 0 radical (unpaired) electrons. The molecule has 0 aliphatic rings. The molecule has 0 spiro atoms. The smallest absolute Gasteiger partial charge is 0.171 e. The predicted octanol–water partition coefficient (Wildman–Crippen LogP) is 0.721. The molecule has 0 aromatic rings. The van der Waals surface area contributed by atoms with Crippen molar-refractivity contribution in [1.29, 1.82) is 0 Å². The molecule has 3 heteroatoms. The second-order valence-electron chi connectivity index (χ2n) is 1.52. The quantitative estimate of drug-likeness (QED) is 0.651. The van der Waals surface area contributed by atoms with Crippen molar-refractivity contribution >= 4 is 21.7 Å². The van der Waals surface area contributed by atoms with Crippen molar-refractivity contribution in [2.24, 2.45) is 0 Å². The van der Waals surface area contributed by atoms with Gasteiger partial charge in [0, 0.05) is 0 Å². The third-order valence-electron chi connectivity index (χ3n) is 0.890. The highest BCUT2D eigenvalue weighted by Crippen LogP contribution is 1.94. The normalized spacial score (nSPS) is 13.4. The monoisotopic (exact) mass is 180 g/mol. The summed E-state index contributed by atoms with van der Waals surface area (Å²) in [5, 5.41) is 9.00. The molecular formula is C5H9BrO2. The number of hydrogen-bond donors (Lipinski definition) is 1. The first kappa shape index (κ1) is 8.11. The molecule has 0 aliphatic carbocycles. The van der Waals surface area contributed by atoms with Gasteiger partial charge in [0.2, 0.25) is 0 Å². The molecule has 48 valence electrons. The summed E-state index contributed by atoms with van der Waals surface area (Å²) in [5.41, 5.74) is 0. The lowest BCUT2D eigenvalue weighted by molar-refractivity contribution is -0.124. The molecule has 0 saturated carbocycles. The summed E-state index contributed by atoms with van der Waals surface area (Å²) < 4.78 is 0. The van der Waals surface area contributed by atoms with E-state index in [1.807, 2.05) is 0 Å². The first-order chi connectivity index (χ1) is 3.72. The van der Waals surface area contributed by atoms with Gasteiger partial charge >= 0.3 is 0 Å². The van der Waals surface area contributed by atoms with Crippen LogP contribution in [-0.2, 0) is 4.79 Å². The number of halogens is 1. The molecule has 2 nitrogen and oxygen atoms in total. The fourth-order valence-electron chi connectivity index (χ4n) is 0.317. The zero-order valence-corrected chi connectivity index (χ0v) is 6.31. The molecule has 8 heavy (non-hydrogen) atoms. The average Bonchev–Trinajstić information content (AvgIpc) is 1.84. The van der Waals surface area contributed by atoms with Crippen LogP contribution in [0.5, 0.6) is 0 Å². The van der Waals surface area contributed by atoms with E-state index in [0.29, 0.717) is 6.42 Å². The van der Waals surface area contributed by atoms with E-state index >= 15 is 0 Å². The lowest BCUT2D eigenvalue weighted by atomic mass is 10.2. The zero-order chi connectivity index (χ0) is 6.57. The molecule has 0 heterocycles. The molecule has 1 unspecified atom stereocenters. The van der Waals surface area contributed by atoms with Crippen LogP contribution in [0.2, 0.25) is 0 Å². The van der Waals surface area contributed by atoms with Gasteiger partial charge in [0.1, 0.15) is 6.10 Å². The van der Waals surface area contributed by atoms with E-state index < -0.39 is 6.10 Å². The van der Waals surface area contributed by atoms with E-state index in [1.54, 1.807) is 6.92 Å². The van der Waals surface area contributed by atoms with Crippen LogP contribution in [0.3, 0.4) is 0 Å². The second kappa shape index (κ2) is 4.04. The molecule has 0 aromatic heterocycles. The second-order valence-corrected chi connectivity index (χ2v) is 2.08. The number of aliphatic hydroxyl groups excluding tert-OH is 1. The van der Waals surface area contributed by atoms with Crippen LogP contribution in [-0.4, -0.2) is 22.3 Å². The maximum atomic E-state index is 10.4. The van der Waals surface area contributed by atoms with E-state index in [1.165, 1.54) is 0 Å². The van der Waals surface area contributed by atoms with Crippen molar-refractivity contribution in [2.45, 2.75) is 19.4 Å². The van der Waals surface area contributed by atoms with Crippen LogP contribution < -0.4 is 0 Å². The molecule has 0 aliphatic heterocycles. The van der Waals surface area contributed by atoms with Gasteiger partial charge in [-0.1, -0.05) is 22.9 Å². The van der Waals surface area contributed by atoms with Gasteiger partial charge in [0.15, 0.2) is 5.78 Å². The lowest BCUT2D eigenvalue weighted by Crippen LogP contribution is -2.19. The topological polar surface area (TPSA) is 37.3 Å². The van der Waals surface area contributed by atoms with Gasteiger partial charge in [0.05, 0.1) is 5.33 Å². The Bertz CT molecular complexity index is 82.5. The van der Waals surface area contributed by atoms with Gasteiger partial charge in [-0.3, -0.25) is 4.79 Å². The van der Waals surface area contributed by atoms with Crippen LogP contribution in [0.25, 0.3) is 0 Å². The van der Waals surface area contributed by atoms with Gasteiger partial charge < -0.3 is 5.11 Å². The number of carbonyl (C=O) groups is 1. The van der Waals surface area contributed by atoms with E-state index in [-0.39, 0.29) is 11.1 Å². The number of carbonyl (C=O) groups excluding carboxylic acids is 1. The number of Topliss-reactive ketones (excluding diaryl/α,β-unsaturated/α-hetero) is 1. The Hall–Kier alpha value is 0.110. The molecule has 0 saturated heterocycles. The average molecular weight is 181 g/mol. The van der Waals surface area contributed by atoms with Crippen LogP contribution in [0.15, 0.2) is 0 Å². The molecule has 0 amide bonds. The summed E-state index contributed by atoms with van der Waals surface area (Å²) in [5.74, 6) is -0.146. The minimum atomic E-state index is -0.769. The summed E-state index contributed by atoms with van der Waals surface area (Å²) in [6, 6.07) is 0. The number of alkyl halides is 1. The summed E-state index contributed by atoms with van der Waals surface area (Å²) in [6.45, 7) is 1.77. The fraction of sp³-hybridized carbons (Fsp3) is 0.800. The van der Waals surface area contributed by atoms with Gasteiger partial charge in [-0.05, 0) is 6.42 Å². The van der Waals surface area contributed by atoms with E-state index in [4.69, 9.17) is 5.11 Å². The SMILES string of the molecule is CCC(O)C(=O)CBr. The minimum absolute atomic E-state index is 0.146. The zero-order valence-electron chi connectivity index (χ0n) is 4.72. The van der Waals surface area contributed by atoms with Crippen molar-refractivity contribution in [3.05, 3.63) is 0 Å². The molecule has 1 N–H and O–H groups in total. The van der Waals surface area contributed by atoms with Crippen LogP contribution in [0, 0.1) is 0 Å². The summed E-state index contributed by atoms with van der Waals surface area (Å²) in [7, 11) is 0. The predicted molar refractivity (Wildman–Crippen MR) is 35.1 cm³/mol. The highest BCUT2D eigenvalue weighted by molar-refractivity contribution is 9.09. The number of aliphatic hydroxyl groups is 1. The largest absolute Gasteiger partial charge is 0.385 e. The van der Waals surface area contributed by atoms with Crippen molar-refractivity contribution < 1.29 is 9.90 Å². The molecule has 0 rings (SSSR count).